The van der Waals surface area contributed by atoms with Gasteiger partial charge in [-0.2, -0.15) is 10.1 Å². The maximum absolute atomic E-state index is 11.8. The normalized spacial score (nSPS) is 15.3. The molecule has 2 N–H and O–H groups in total. The summed E-state index contributed by atoms with van der Waals surface area (Å²) >= 11 is 18.4. The number of hydrazone groups is 1. The smallest absolute Gasteiger partial charge is 0.342 e. The van der Waals surface area contributed by atoms with Crippen LogP contribution in [0.1, 0.15) is 17.2 Å². The van der Waals surface area contributed by atoms with Crippen LogP contribution in [0.5, 0.6) is 0 Å². The minimum absolute atomic E-state index is 0.230. The largest absolute Gasteiger partial charge is 0.384 e. The number of anilines is 1. The molecule has 0 aromatic heterocycles. The Bertz CT molecular complexity index is 786. The molecule has 0 saturated carbocycles. The molecule has 2 amide bonds. The summed E-state index contributed by atoms with van der Waals surface area (Å²) in [5.74, 6) is 0. The number of hydrogen-bond acceptors (Lipinski definition) is 3. The summed E-state index contributed by atoms with van der Waals surface area (Å²) < 4.78 is 0. The van der Waals surface area contributed by atoms with Gasteiger partial charge in [-0.1, -0.05) is 46.9 Å². The standard InChI is InChI=1S/C16H12Cl3N3O2/c17-10-3-1-9(2-4-10)15(23)14-12(18)7-11(8-13(14)19)22-16(24)20-5-6-21-22/h1-4,6-8,15,23H,5H2,(H,20,24). The third-order valence-corrected chi connectivity index (χ3v) is 4.38. The van der Waals surface area contributed by atoms with Crippen molar-refractivity contribution < 1.29 is 9.90 Å². The number of nitrogens with zero attached hydrogens (tertiary/aromatic N) is 2. The number of rotatable bonds is 3. The fourth-order valence-electron chi connectivity index (χ4n) is 2.33. The molecule has 0 saturated heterocycles. The van der Waals surface area contributed by atoms with Crippen LogP contribution in [0.2, 0.25) is 15.1 Å². The van der Waals surface area contributed by atoms with Crippen LogP contribution in [0.3, 0.4) is 0 Å². The van der Waals surface area contributed by atoms with E-state index in [1.807, 2.05) is 0 Å². The van der Waals surface area contributed by atoms with E-state index in [1.165, 1.54) is 12.1 Å². The second-order valence-corrected chi connectivity index (χ2v) is 6.32. The molecule has 1 unspecified atom stereocenters. The van der Waals surface area contributed by atoms with Crippen LogP contribution in [0.4, 0.5) is 10.5 Å². The van der Waals surface area contributed by atoms with Gasteiger partial charge in [-0.25, -0.2) is 4.79 Å². The number of halogens is 3. The minimum atomic E-state index is -1.02. The molecular formula is C16H12Cl3N3O2. The van der Waals surface area contributed by atoms with Gasteiger partial charge in [0.25, 0.3) is 0 Å². The van der Waals surface area contributed by atoms with Gasteiger partial charge in [0.15, 0.2) is 0 Å². The molecule has 0 aliphatic carbocycles. The zero-order valence-electron chi connectivity index (χ0n) is 12.2. The number of benzene rings is 2. The predicted octanol–water partition coefficient (Wildman–Crippen LogP) is 4.24. The van der Waals surface area contributed by atoms with Gasteiger partial charge in [-0.3, -0.25) is 0 Å². The Labute approximate surface area is 153 Å². The summed E-state index contributed by atoms with van der Waals surface area (Å²) in [6.07, 6.45) is 0.537. The number of aliphatic hydroxyl groups excluding tert-OH is 1. The number of carbonyl (C=O) groups excluding carboxylic acids is 1. The summed E-state index contributed by atoms with van der Waals surface area (Å²) in [4.78, 5) is 11.8. The average Bonchev–Trinajstić information content (AvgIpc) is 2.55. The highest BCUT2D eigenvalue weighted by atomic mass is 35.5. The third-order valence-electron chi connectivity index (χ3n) is 3.50. The molecule has 5 nitrogen and oxygen atoms in total. The van der Waals surface area contributed by atoms with E-state index in [0.29, 0.717) is 28.4 Å². The second kappa shape index (κ2) is 6.99. The Morgan fingerprint density at radius 3 is 2.33 bits per heavy atom. The molecule has 0 spiro atoms. The highest BCUT2D eigenvalue weighted by molar-refractivity contribution is 6.36. The topological polar surface area (TPSA) is 64.9 Å². The van der Waals surface area contributed by atoms with Gasteiger partial charge in [-0.15, -0.1) is 0 Å². The van der Waals surface area contributed by atoms with Gasteiger partial charge >= 0.3 is 6.03 Å². The van der Waals surface area contributed by atoms with Gasteiger partial charge in [0.1, 0.15) is 6.10 Å². The fraction of sp³-hybridized carbons (Fsp3) is 0.125. The van der Waals surface area contributed by atoms with E-state index in [-0.39, 0.29) is 16.1 Å². The molecule has 0 fully saturated rings. The quantitative estimate of drug-likeness (QED) is 0.831. The molecule has 24 heavy (non-hydrogen) atoms. The van der Waals surface area contributed by atoms with Crippen LogP contribution >= 0.6 is 34.8 Å². The molecular weight excluding hydrogens is 373 g/mol. The monoisotopic (exact) mass is 383 g/mol. The first-order valence-electron chi connectivity index (χ1n) is 7.00. The SMILES string of the molecule is O=C1NCC=NN1c1cc(Cl)c(C(O)c2ccc(Cl)cc2)c(Cl)c1. The lowest BCUT2D eigenvalue weighted by atomic mass is 10.0. The minimum Gasteiger partial charge on any atom is -0.384 e. The van der Waals surface area contributed by atoms with Crippen molar-refractivity contribution in [2.75, 3.05) is 11.6 Å². The number of nitrogens with one attached hydrogen (secondary N) is 1. The number of aliphatic hydroxyl groups is 1. The molecule has 1 aliphatic heterocycles. The van der Waals surface area contributed by atoms with Crippen LogP contribution in [-0.2, 0) is 0 Å². The van der Waals surface area contributed by atoms with E-state index in [2.05, 4.69) is 10.4 Å². The molecule has 8 heteroatoms. The Hall–Kier alpha value is -1.79. The van der Waals surface area contributed by atoms with E-state index >= 15 is 0 Å². The molecule has 2 aromatic carbocycles. The van der Waals surface area contributed by atoms with Gasteiger partial charge in [-0.05, 0) is 29.8 Å². The van der Waals surface area contributed by atoms with Crippen LogP contribution in [0.15, 0.2) is 41.5 Å². The Balaban J connectivity index is 1.98. The van der Waals surface area contributed by atoms with Crippen molar-refractivity contribution in [3.63, 3.8) is 0 Å². The summed E-state index contributed by atoms with van der Waals surface area (Å²) in [5, 5.41) is 19.4. The van der Waals surface area contributed by atoms with Crippen LogP contribution in [0, 0.1) is 0 Å². The van der Waals surface area contributed by atoms with E-state index < -0.39 is 6.10 Å². The first-order valence-corrected chi connectivity index (χ1v) is 8.13. The average molecular weight is 385 g/mol. The van der Waals surface area contributed by atoms with Crippen molar-refractivity contribution >= 4 is 52.7 Å². The molecule has 2 aromatic rings. The van der Waals surface area contributed by atoms with Crippen molar-refractivity contribution in [3.8, 4) is 0 Å². The van der Waals surface area contributed by atoms with Gasteiger partial charge in [0, 0.05) is 16.8 Å². The van der Waals surface area contributed by atoms with Crippen molar-refractivity contribution in [3.05, 3.63) is 62.6 Å². The Morgan fingerprint density at radius 2 is 1.75 bits per heavy atom. The lowest BCUT2D eigenvalue weighted by Crippen LogP contribution is -2.41. The zero-order valence-corrected chi connectivity index (χ0v) is 14.5. The number of urea groups is 1. The molecule has 124 valence electrons. The maximum atomic E-state index is 11.8. The summed E-state index contributed by atoms with van der Waals surface area (Å²) in [6.45, 7) is 0.365. The fourth-order valence-corrected chi connectivity index (χ4v) is 3.14. The second-order valence-electron chi connectivity index (χ2n) is 5.07. The van der Waals surface area contributed by atoms with Crippen LogP contribution in [0.25, 0.3) is 0 Å². The van der Waals surface area contributed by atoms with Gasteiger partial charge in [0.05, 0.1) is 22.3 Å². The Kier molecular flexibility index (Phi) is 4.96. The summed E-state index contributed by atoms with van der Waals surface area (Å²) in [7, 11) is 0. The van der Waals surface area contributed by atoms with Crippen molar-refractivity contribution in [1.29, 1.82) is 0 Å². The first-order chi connectivity index (χ1) is 11.5. The Morgan fingerprint density at radius 1 is 1.12 bits per heavy atom. The molecule has 1 heterocycles. The summed E-state index contributed by atoms with van der Waals surface area (Å²) in [5.41, 5.74) is 1.36. The molecule has 1 atom stereocenters. The van der Waals surface area contributed by atoms with E-state index in [0.717, 1.165) is 5.01 Å². The lowest BCUT2D eigenvalue weighted by molar-refractivity contribution is 0.220. The van der Waals surface area contributed by atoms with Gasteiger partial charge in [0.2, 0.25) is 0 Å². The molecule has 3 rings (SSSR count). The molecule has 1 aliphatic rings. The van der Waals surface area contributed by atoms with E-state index in [1.54, 1.807) is 30.5 Å². The zero-order chi connectivity index (χ0) is 17.3. The van der Waals surface area contributed by atoms with Crippen molar-refractivity contribution in [2.45, 2.75) is 6.10 Å². The number of hydrogen-bond donors (Lipinski definition) is 2. The van der Waals surface area contributed by atoms with Gasteiger partial charge < -0.3 is 10.4 Å². The predicted molar refractivity (Wildman–Crippen MR) is 96.3 cm³/mol. The summed E-state index contributed by atoms with van der Waals surface area (Å²) in [6, 6.07) is 9.41. The highest BCUT2D eigenvalue weighted by Gasteiger charge is 2.23. The van der Waals surface area contributed by atoms with E-state index in [9.17, 15) is 9.90 Å². The van der Waals surface area contributed by atoms with E-state index in [4.69, 9.17) is 34.8 Å². The van der Waals surface area contributed by atoms with Crippen molar-refractivity contribution in [2.24, 2.45) is 5.10 Å². The highest BCUT2D eigenvalue weighted by Crippen LogP contribution is 2.38. The maximum Gasteiger partial charge on any atom is 0.342 e. The van der Waals surface area contributed by atoms with Crippen molar-refractivity contribution in [1.82, 2.24) is 5.32 Å². The number of carbonyl (C=O) groups is 1. The molecule has 0 bridgehead atoms. The third kappa shape index (κ3) is 3.35. The lowest BCUT2D eigenvalue weighted by Gasteiger charge is -2.23. The number of amides is 2. The molecule has 0 radical (unpaired) electrons. The first kappa shape index (κ1) is 17.0. The van der Waals surface area contributed by atoms with Crippen LogP contribution in [-0.4, -0.2) is 23.9 Å². The van der Waals surface area contributed by atoms with Crippen LogP contribution < -0.4 is 10.3 Å².